The summed E-state index contributed by atoms with van der Waals surface area (Å²) < 4.78 is -1.99. The molecular formula is C3H2Cl2O. The summed E-state index contributed by atoms with van der Waals surface area (Å²) in [5, 5.41) is 8.12. The fourth-order valence-electron chi connectivity index (χ4n) is 0. The molecule has 0 aromatic carbocycles. The maximum absolute atomic E-state index is 8.12. The molecule has 0 spiro atoms. The van der Waals surface area contributed by atoms with E-state index in [4.69, 9.17) is 28.3 Å². The minimum absolute atomic E-state index is 1.69. The summed E-state index contributed by atoms with van der Waals surface area (Å²) in [6.07, 6.45) is 4.54. The van der Waals surface area contributed by atoms with Gasteiger partial charge in [0.2, 0.25) is 0 Å². The highest BCUT2D eigenvalue weighted by Crippen LogP contribution is 2.12. The Kier molecular flexibility index (Phi) is 1.73. The standard InChI is InChI=1S/C3H2Cl2O/c1-2-3(4,5)6/h1,6H. The van der Waals surface area contributed by atoms with Crippen molar-refractivity contribution >= 4 is 23.2 Å². The highest BCUT2D eigenvalue weighted by molar-refractivity contribution is 6.49. The van der Waals surface area contributed by atoms with Crippen molar-refractivity contribution in [1.29, 1.82) is 0 Å². The molecule has 34 valence electrons. The lowest BCUT2D eigenvalue weighted by molar-refractivity contribution is 0.274. The van der Waals surface area contributed by atoms with Gasteiger partial charge in [-0.25, -0.2) is 0 Å². The van der Waals surface area contributed by atoms with Gasteiger partial charge in [0.05, 0.1) is 0 Å². The lowest BCUT2D eigenvalue weighted by atomic mass is 10.7. The molecule has 0 fully saturated rings. The molecule has 0 amide bonds. The smallest absolute Gasteiger partial charge is 0.279 e. The van der Waals surface area contributed by atoms with Gasteiger partial charge in [0.1, 0.15) is 0 Å². The van der Waals surface area contributed by atoms with Crippen LogP contribution in [0.5, 0.6) is 0 Å². The van der Waals surface area contributed by atoms with Crippen molar-refractivity contribution in [2.24, 2.45) is 0 Å². The highest BCUT2D eigenvalue weighted by Gasteiger charge is 2.11. The topological polar surface area (TPSA) is 20.2 Å². The lowest BCUT2D eigenvalue weighted by Gasteiger charge is -1.96. The largest absolute Gasteiger partial charge is 0.353 e. The Morgan fingerprint density at radius 3 is 1.83 bits per heavy atom. The van der Waals surface area contributed by atoms with E-state index in [0.29, 0.717) is 0 Å². The van der Waals surface area contributed by atoms with E-state index in [-0.39, 0.29) is 0 Å². The van der Waals surface area contributed by atoms with Crippen LogP contribution in [-0.4, -0.2) is 9.63 Å². The van der Waals surface area contributed by atoms with Crippen LogP contribution in [0.15, 0.2) is 0 Å². The van der Waals surface area contributed by atoms with Crippen molar-refractivity contribution in [3.63, 3.8) is 0 Å². The van der Waals surface area contributed by atoms with Crippen LogP contribution < -0.4 is 0 Å². The number of alkyl halides is 2. The second kappa shape index (κ2) is 1.70. The third kappa shape index (κ3) is 4.10. The van der Waals surface area contributed by atoms with E-state index in [9.17, 15) is 0 Å². The van der Waals surface area contributed by atoms with E-state index in [0.717, 1.165) is 0 Å². The zero-order valence-electron chi connectivity index (χ0n) is 2.78. The van der Waals surface area contributed by atoms with Crippen LogP contribution in [0.1, 0.15) is 0 Å². The Labute approximate surface area is 45.9 Å². The van der Waals surface area contributed by atoms with Crippen LogP contribution in [0.25, 0.3) is 0 Å². The fourth-order valence-corrected chi connectivity index (χ4v) is 0. The Balaban J connectivity index is 3.55. The first-order valence-corrected chi connectivity index (χ1v) is 1.90. The quantitative estimate of drug-likeness (QED) is 0.374. The average Bonchev–Trinajstić information content (AvgIpc) is 1.35. The van der Waals surface area contributed by atoms with Crippen molar-refractivity contribution in [3.05, 3.63) is 0 Å². The Hall–Kier alpha value is 0.100. The van der Waals surface area contributed by atoms with Gasteiger partial charge in [0.15, 0.2) is 0 Å². The summed E-state index contributed by atoms with van der Waals surface area (Å²) in [5.41, 5.74) is 0. The molecule has 0 bridgehead atoms. The SMILES string of the molecule is C#CC(O)(Cl)Cl. The van der Waals surface area contributed by atoms with E-state index >= 15 is 0 Å². The molecule has 0 aliphatic heterocycles. The van der Waals surface area contributed by atoms with E-state index < -0.39 is 4.52 Å². The first-order chi connectivity index (χ1) is 2.56. The Bertz CT molecular complexity index is 75.8. The van der Waals surface area contributed by atoms with Gasteiger partial charge in [0, 0.05) is 0 Å². The summed E-state index contributed by atoms with van der Waals surface area (Å²) in [5.74, 6) is 1.69. The van der Waals surface area contributed by atoms with Crippen molar-refractivity contribution in [2.45, 2.75) is 4.52 Å². The van der Waals surface area contributed by atoms with Gasteiger partial charge in [-0.1, -0.05) is 23.2 Å². The van der Waals surface area contributed by atoms with Crippen LogP contribution >= 0.6 is 23.2 Å². The first kappa shape index (κ1) is 6.10. The normalized spacial score (nSPS) is 10.3. The summed E-state index contributed by atoms with van der Waals surface area (Å²) in [7, 11) is 0. The zero-order valence-corrected chi connectivity index (χ0v) is 4.29. The molecule has 0 aliphatic carbocycles. The maximum atomic E-state index is 8.12. The van der Waals surface area contributed by atoms with Crippen LogP contribution in [-0.2, 0) is 0 Å². The van der Waals surface area contributed by atoms with E-state index in [1.54, 1.807) is 5.92 Å². The molecule has 0 saturated heterocycles. The minimum Gasteiger partial charge on any atom is -0.353 e. The molecule has 0 radical (unpaired) electrons. The van der Waals surface area contributed by atoms with Gasteiger partial charge in [0.25, 0.3) is 4.52 Å². The molecule has 1 nitrogen and oxygen atoms in total. The molecule has 0 saturated carbocycles. The Morgan fingerprint density at radius 2 is 1.83 bits per heavy atom. The molecule has 6 heavy (non-hydrogen) atoms. The highest BCUT2D eigenvalue weighted by atomic mass is 35.5. The van der Waals surface area contributed by atoms with Gasteiger partial charge in [-0.3, -0.25) is 0 Å². The number of rotatable bonds is 0. The summed E-state index contributed by atoms with van der Waals surface area (Å²) >= 11 is 9.60. The number of terminal acetylenes is 1. The monoisotopic (exact) mass is 124 g/mol. The minimum atomic E-state index is -1.99. The number of aliphatic hydroxyl groups is 1. The molecule has 1 N–H and O–H groups in total. The maximum Gasteiger partial charge on any atom is 0.279 e. The molecule has 0 aromatic rings. The number of hydrogen-bond acceptors (Lipinski definition) is 1. The fraction of sp³-hybridized carbons (Fsp3) is 0.333. The van der Waals surface area contributed by atoms with Crippen LogP contribution in [0, 0.1) is 12.3 Å². The first-order valence-electron chi connectivity index (χ1n) is 1.14. The Morgan fingerprint density at radius 1 is 1.67 bits per heavy atom. The molecule has 0 heterocycles. The second-order valence-electron chi connectivity index (χ2n) is 0.686. The van der Waals surface area contributed by atoms with Gasteiger partial charge < -0.3 is 5.11 Å². The summed E-state index contributed by atoms with van der Waals surface area (Å²) in [4.78, 5) is 0. The van der Waals surface area contributed by atoms with Crippen LogP contribution in [0.4, 0.5) is 0 Å². The summed E-state index contributed by atoms with van der Waals surface area (Å²) in [6.45, 7) is 0. The van der Waals surface area contributed by atoms with Crippen molar-refractivity contribution in [2.75, 3.05) is 0 Å². The lowest BCUT2D eigenvalue weighted by Crippen LogP contribution is -2.04. The van der Waals surface area contributed by atoms with Gasteiger partial charge in [-0.2, -0.15) is 0 Å². The average molecular weight is 125 g/mol. The molecule has 3 heteroatoms. The molecule has 0 aromatic heterocycles. The van der Waals surface area contributed by atoms with Gasteiger partial charge in [-0.05, 0) is 5.92 Å². The molecule has 0 rings (SSSR count). The molecule has 0 unspecified atom stereocenters. The molecule has 0 atom stereocenters. The van der Waals surface area contributed by atoms with E-state index in [1.165, 1.54) is 0 Å². The number of hydrogen-bond donors (Lipinski definition) is 1. The van der Waals surface area contributed by atoms with Crippen molar-refractivity contribution in [1.82, 2.24) is 0 Å². The third-order valence-corrected chi connectivity index (χ3v) is 0.392. The third-order valence-electron chi connectivity index (χ3n) is 0.174. The second-order valence-corrected chi connectivity index (χ2v) is 1.97. The number of halogens is 2. The predicted molar refractivity (Wildman–Crippen MR) is 25.5 cm³/mol. The van der Waals surface area contributed by atoms with Gasteiger partial charge in [-0.15, -0.1) is 6.42 Å². The predicted octanol–water partition coefficient (Wildman–Crippen LogP) is 0.743. The van der Waals surface area contributed by atoms with Crippen LogP contribution in [0.2, 0.25) is 0 Å². The van der Waals surface area contributed by atoms with Crippen LogP contribution in [0.3, 0.4) is 0 Å². The zero-order chi connectivity index (χ0) is 5.21. The van der Waals surface area contributed by atoms with Gasteiger partial charge >= 0.3 is 0 Å². The van der Waals surface area contributed by atoms with Crippen molar-refractivity contribution < 1.29 is 5.11 Å². The molecular weight excluding hydrogens is 123 g/mol. The summed E-state index contributed by atoms with van der Waals surface area (Å²) in [6, 6.07) is 0. The van der Waals surface area contributed by atoms with E-state index in [1.807, 2.05) is 0 Å². The van der Waals surface area contributed by atoms with Crippen molar-refractivity contribution in [3.8, 4) is 12.3 Å². The molecule has 0 aliphatic rings. The van der Waals surface area contributed by atoms with E-state index in [2.05, 4.69) is 6.42 Å².